The predicted octanol–water partition coefficient (Wildman–Crippen LogP) is 3.84. The van der Waals surface area contributed by atoms with Gasteiger partial charge >= 0.3 is 6.18 Å². The maximum atomic E-state index is 13.5. The van der Waals surface area contributed by atoms with Gasteiger partial charge in [0.1, 0.15) is 0 Å². The Morgan fingerprint density at radius 2 is 1.83 bits per heavy atom. The highest BCUT2D eigenvalue weighted by Gasteiger charge is 2.46. The zero-order chi connectivity index (χ0) is 20.5. The molecule has 0 N–H and O–H groups in total. The molecule has 2 heterocycles. The molecule has 160 valence electrons. The summed E-state index contributed by atoms with van der Waals surface area (Å²) in [5, 5.41) is 0. The maximum Gasteiger partial charge on any atom is 0.416 e. The van der Waals surface area contributed by atoms with E-state index in [1.165, 1.54) is 12.1 Å². The fraction of sp³-hybridized carbons (Fsp3) is 0.682. The number of benzene rings is 1. The van der Waals surface area contributed by atoms with Crippen LogP contribution < -0.4 is 0 Å². The number of ether oxygens (including phenoxy) is 1. The summed E-state index contributed by atoms with van der Waals surface area (Å²) < 4.78 is 45.4. The average Bonchev–Trinajstić information content (AvgIpc) is 3.40. The van der Waals surface area contributed by atoms with E-state index in [0.29, 0.717) is 37.6 Å². The van der Waals surface area contributed by atoms with Gasteiger partial charge < -0.3 is 9.64 Å². The lowest BCUT2D eigenvalue weighted by Gasteiger charge is -2.40. The second-order valence-corrected chi connectivity index (χ2v) is 8.60. The Labute approximate surface area is 170 Å². The van der Waals surface area contributed by atoms with E-state index in [0.717, 1.165) is 58.0 Å². The van der Waals surface area contributed by atoms with E-state index in [2.05, 4.69) is 4.90 Å². The number of halogens is 3. The lowest BCUT2D eigenvalue weighted by molar-refractivity contribution is -0.140. The van der Waals surface area contributed by atoms with Crippen molar-refractivity contribution < 1.29 is 22.7 Å². The highest BCUT2D eigenvalue weighted by atomic mass is 19.4. The number of hydrogen-bond donors (Lipinski definition) is 0. The molecule has 2 saturated heterocycles. The predicted molar refractivity (Wildman–Crippen MR) is 104 cm³/mol. The third-order valence-corrected chi connectivity index (χ3v) is 6.75. The second-order valence-electron chi connectivity index (χ2n) is 8.60. The Hall–Kier alpha value is -1.60. The Morgan fingerprint density at radius 1 is 1.10 bits per heavy atom. The summed E-state index contributed by atoms with van der Waals surface area (Å²) in [4.78, 5) is 17.7. The SMILES string of the molecule is O=C(N1CCN(CC2CCCO2)CC1)C1(c2cccc(C(F)(F)F)c2)CCCC1. The van der Waals surface area contributed by atoms with Crippen molar-refractivity contribution in [1.29, 1.82) is 0 Å². The molecule has 1 amide bonds. The minimum atomic E-state index is -4.40. The van der Waals surface area contributed by atoms with E-state index in [1.54, 1.807) is 6.07 Å². The van der Waals surface area contributed by atoms with E-state index in [9.17, 15) is 18.0 Å². The molecule has 3 fully saturated rings. The Balaban J connectivity index is 1.47. The van der Waals surface area contributed by atoms with E-state index in [4.69, 9.17) is 4.74 Å². The van der Waals surface area contributed by atoms with Gasteiger partial charge in [-0.25, -0.2) is 0 Å². The summed E-state index contributed by atoms with van der Waals surface area (Å²) in [6.45, 7) is 4.59. The third kappa shape index (κ3) is 4.31. The van der Waals surface area contributed by atoms with Gasteiger partial charge in [-0.05, 0) is 37.3 Å². The molecule has 1 unspecified atom stereocenters. The van der Waals surface area contributed by atoms with Crippen molar-refractivity contribution in [2.45, 2.75) is 56.2 Å². The first kappa shape index (κ1) is 20.7. The number of rotatable bonds is 4. The normalized spacial score (nSPS) is 25.5. The second kappa shape index (κ2) is 8.26. The number of hydrogen-bond acceptors (Lipinski definition) is 3. The first-order valence-electron chi connectivity index (χ1n) is 10.7. The van der Waals surface area contributed by atoms with Crippen molar-refractivity contribution in [3.05, 3.63) is 35.4 Å². The van der Waals surface area contributed by atoms with Crippen molar-refractivity contribution in [2.75, 3.05) is 39.3 Å². The molecule has 4 nitrogen and oxygen atoms in total. The molecule has 2 aliphatic heterocycles. The van der Waals surface area contributed by atoms with Crippen molar-refractivity contribution in [3.8, 4) is 0 Å². The number of amides is 1. The molecule has 4 rings (SSSR count). The third-order valence-electron chi connectivity index (χ3n) is 6.75. The summed E-state index contributed by atoms with van der Waals surface area (Å²) in [7, 11) is 0. The van der Waals surface area contributed by atoms with Crippen LogP contribution in [0.3, 0.4) is 0 Å². The van der Waals surface area contributed by atoms with Crippen LogP contribution in [0, 0.1) is 0 Å². The van der Waals surface area contributed by atoms with Gasteiger partial charge in [0.15, 0.2) is 0 Å². The molecule has 0 bridgehead atoms. The van der Waals surface area contributed by atoms with Crippen LogP contribution in [0.15, 0.2) is 24.3 Å². The molecule has 1 atom stereocenters. The van der Waals surface area contributed by atoms with Crippen LogP contribution in [0.1, 0.15) is 49.7 Å². The highest BCUT2D eigenvalue weighted by Crippen LogP contribution is 2.44. The van der Waals surface area contributed by atoms with Gasteiger partial charge in [-0.1, -0.05) is 31.0 Å². The van der Waals surface area contributed by atoms with Gasteiger partial charge in [-0.2, -0.15) is 13.2 Å². The molecule has 1 saturated carbocycles. The smallest absolute Gasteiger partial charge is 0.377 e. The minimum Gasteiger partial charge on any atom is -0.377 e. The van der Waals surface area contributed by atoms with E-state index in [1.807, 2.05) is 4.90 Å². The van der Waals surface area contributed by atoms with Crippen LogP contribution in [-0.2, 0) is 21.1 Å². The van der Waals surface area contributed by atoms with Gasteiger partial charge in [0.05, 0.1) is 17.1 Å². The first-order valence-corrected chi connectivity index (χ1v) is 10.7. The Kier molecular flexibility index (Phi) is 5.89. The van der Waals surface area contributed by atoms with Gasteiger partial charge in [0.25, 0.3) is 0 Å². The number of piperazine rings is 1. The molecule has 7 heteroatoms. The summed E-state index contributed by atoms with van der Waals surface area (Å²) in [5.41, 5.74) is -0.954. The van der Waals surface area contributed by atoms with Crippen molar-refractivity contribution >= 4 is 5.91 Å². The Morgan fingerprint density at radius 3 is 2.45 bits per heavy atom. The maximum absolute atomic E-state index is 13.5. The Bertz CT molecular complexity index is 717. The fourth-order valence-electron chi connectivity index (χ4n) is 5.11. The van der Waals surface area contributed by atoms with Crippen LogP contribution in [-0.4, -0.2) is 61.1 Å². The average molecular weight is 410 g/mol. The fourth-order valence-corrected chi connectivity index (χ4v) is 5.11. The standard InChI is InChI=1S/C22H29F3N2O2/c23-22(24,25)18-6-3-5-17(15-18)21(8-1-2-9-21)20(28)27-12-10-26(11-13-27)16-19-7-4-14-29-19/h3,5-6,15,19H,1-2,4,7-14,16H2. The molecular weight excluding hydrogens is 381 g/mol. The monoisotopic (exact) mass is 410 g/mol. The highest BCUT2D eigenvalue weighted by molar-refractivity contribution is 5.89. The molecule has 0 aromatic heterocycles. The van der Waals surface area contributed by atoms with Crippen molar-refractivity contribution in [2.24, 2.45) is 0 Å². The topological polar surface area (TPSA) is 32.8 Å². The molecule has 1 aliphatic carbocycles. The van der Waals surface area contributed by atoms with Gasteiger partial charge in [-0.3, -0.25) is 9.69 Å². The molecule has 1 aromatic rings. The van der Waals surface area contributed by atoms with Crippen LogP contribution >= 0.6 is 0 Å². The molecular formula is C22H29F3N2O2. The van der Waals surface area contributed by atoms with E-state index in [-0.39, 0.29) is 5.91 Å². The molecule has 1 aromatic carbocycles. The summed E-state index contributed by atoms with van der Waals surface area (Å²) >= 11 is 0. The molecule has 29 heavy (non-hydrogen) atoms. The van der Waals surface area contributed by atoms with Crippen LogP contribution in [0.5, 0.6) is 0 Å². The number of carbonyl (C=O) groups is 1. The summed E-state index contributed by atoms with van der Waals surface area (Å²) in [5.74, 6) is 0.00564. The quantitative estimate of drug-likeness (QED) is 0.756. The van der Waals surface area contributed by atoms with Crippen LogP contribution in [0.4, 0.5) is 13.2 Å². The first-order chi connectivity index (χ1) is 13.9. The minimum absolute atomic E-state index is 0.00564. The van der Waals surface area contributed by atoms with Gasteiger partial charge in [0, 0.05) is 39.3 Å². The van der Waals surface area contributed by atoms with E-state index < -0.39 is 17.2 Å². The van der Waals surface area contributed by atoms with Gasteiger partial charge in [0.2, 0.25) is 5.91 Å². The molecule has 0 spiro atoms. The largest absolute Gasteiger partial charge is 0.416 e. The molecule has 0 radical (unpaired) electrons. The van der Waals surface area contributed by atoms with Crippen LogP contribution in [0.2, 0.25) is 0 Å². The summed E-state index contributed by atoms with van der Waals surface area (Å²) in [6.07, 6.45) is 1.12. The van der Waals surface area contributed by atoms with E-state index >= 15 is 0 Å². The number of alkyl halides is 3. The lowest BCUT2D eigenvalue weighted by atomic mass is 9.76. The van der Waals surface area contributed by atoms with Crippen LogP contribution in [0.25, 0.3) is 0 Å². The zero-order valence-corrected chi connectivity index (χ0v) is 16.7. The number of carbonyl (C=O) groups excluding carboxylic acids is 1. The van der Waals surface area contributed by atoms with Crippen molar-refractivity contribution in [1.82, 2.24) is 9.80 Å². The van der Waals surface area contributed by atoms with Gasteiger partial charge in [-0.15, -0.1) is 0 Å². The lowest BCUT2D eigenvalue weighted by Crippen LogP contribution is -2.54. The number of nitrogens with zero attached hydrogens (tertiary/aromatic N) is 2. The summed E-state index contributed by atoms with van der Waals surface area (Å²) in [6, 6.07) is 5.41. The van der Waals surface area contributed by atoms with Crippen molar-refractivity contribution in [3.63, 3.8) is 0 Å². The zero-order valence-electron chi connectivity index (χ0n) is 16.7. The molecule has 3 aliphatic rings.